The fraction of sp³-hybridized carbons (Fsp3) is 0.765. The number of aromatic nitrogens is 1. The van der Waals surface area contributed by atoms with Gasteiger partial charge in [-0.15, -0.1) is 35.3 Å². The quantitative estimate of drug-likeness (QED) is 0.254. The molecular formula is C17H31IN4O2S. The third kappa shape index (κ3) is 7.76. The number of methoxy groups -OCH3 is 1. The maximum atomic E-state index is 5.67. The highest BCUT2D eigenvalue weighted by Crippen LogP contribution is 2.18. The van der Waals surface area contributed by atoms with Gasteiger partial charge in [0, 0.05) is 43.7 Å². The zero-order valence-corrected chi connectivity index (χ0v) is 18.6. The number of thiazole rings is 1. The fourth-order valence-electron chi connectivity index (χ4n) is 2.71. The van der Waals surface area contributed by atoms with E-state index >= 15 is 0 Å². The fourth-order valence-corrected chi connectivity index (χ4v) is 3.49. The molecule has 1 saturated heterocycles. The van der Waals surface area contributed by atoms with Crippen molar-refractivity contribution in [2.24, 2.45) is 10.9 Å². The van der Waals surface area contributed by atoms with Gasteiger partial charge in [0.2, 0.25) is 0 Å². The van der Waals surface area contributed by atoms with Gasteiger partial charge < -0.3 is 19.7 Å². The van der Waals surface area contributed by atoms with Crippen molar-refractivity contribution >= 4 is 41.3 Å². The van der Waals surface area contributed by atoms with Crippen molar-refractivity contribution in [1.82, 2.24) is 15.2 Å². The van der Waals surface area contributed by atoms with Crippen LogP contribution in [0.25, 0.3) is 0 Å². The molecule has 0 radical (unpaired) electrons. The summed E-state index contributed by atoms with van der Waals surface area (Å²) >= 11 is 1.76. The van der Waals surface area contributed by atoms with E-state index in [-0.39, 0.29) is 24.0 Å². The van der Waals surface area contributed by atoms with E-state index in [1.807, 2.05) is 6.20 Å². The molecule has 0 saturated carbocycles. The van der Waals surface area contributed by atoms with Gasteiger partial charge in [0.25, 0.3) is 0 Å². The Morgan fingerprint density at radius 2 is 2.28 bits per heavy atom. The van der Waals surface area contributed by atoms with Gasteiger partial charge in [-0.25, -0.2) is 9.98 Å². The molecule has 0 aromatic carbocycles. The predicted molar refractivity (Wildman–Crippen MR) is 114 cm³/mol. The Morgan fingerprint density at radius 1 is 1.44 bits per heavy atom. The topological polar surface area (TPSA) is 59.0 Å². The van der Waals surface area contributed by atoms with Crippen LogP contribution < -0.4 is 5.32 Å². The van der Waals surface area contributed by atoms with Gasteiger partial charge in [-0.2, -0.15) is 0 Å². The van der Waals surface area contributed by atoms with Gasteiger partial charge in [0.05, 0.1) is 26.4 Å². The van der Waals surface area contributed by atoms with Gasteiger partial charge in [-0.1, -0.05) is 6.92 Å². The minimum atomic E-state index is 0. The van der Waals surface area contributed by atoms with Crippen molar-refractivity contribution in [3.63, 3.8) is 0 Å². The van der Waals surface area contributed by atoms with Crippen molar-refractivity contribution in [3.05, 3.63) is 16.1 Å². The Labute approximate surface area is 172 Å². The number of hydrogen-bond acceptors (Lipinski definition) is 5. The molecule has 2 rings (SSSR count). The number of hydrogen-bond donors (Lipinski definition) is 1. The third-order valence-corrected chi connectivity index (χ3v) is 5.15. The van der Waals surface area contributed by atoms with Crippen LogP contribution in [-0.4, -0.2) is 62.4 Å². The molecule has 1 aromatic rings. The van der Waals surface area contributed by atoms with Crippen molar-refractivity contribution < 1.29 is 9.47 Å². The van der Waals surface area contributed by atoms with Gasteiger partial charge in [0.1, 0.15) is 5.01 Å². The molecular weight excluding hydrogens is 451 g/mol. The highest BCUT2D eigenvalue weighted by Gasteiger charge is 2.25. The van der Waals surface area contributed by atoms with E-state index in [1.54, 1.807) is 18.4 Å². The van der Waals surface area contributed by atoms with Crippen LogP contribution in [0.5, 0.6) is 0 Å². The molecule has 1 atom stereocenters. The van der Waals surface area contributed by atoms with Crippen LogP contribution in [-0.2, 0) is 22.4 Å². The average Bonchev–Trinajstić information content (AvgIpc) is 3.25. The molecule has 25 heavy (non-hydrogen) atoms. The lowest BCUT2D eigenvalue weighted by Gasteiger charge is -2.21. The van der Waals surface area contributed by atoms with E-state index in [4.69, 9.17) is 14.5 Å². The molecule has 8 heteroatoms. The molecule has 1 unspecified atom stereocenters. The van der Waals surface area contributed by atoms with E-state index in [1.165, 1.54) is 4.88 Å². The largest absolute Gasteiger partial charge is 0.382 e. The van der Waals surface area contributed by atoms with Crippen LogP contribution >= 0.6 is 35.3 Å². The maximum absolute atomic E-state index is 5.67. The number of rotatable bonds is 9. The number of ether oxygens (including phenoxy) is 2. The molecule has 1 aliphatic heterocycles. The number of guanidine groups is 1. The smallest absolute Gasteiger partial charge is 0.194 e. The molecule has 2 heterocycles. The third-order valence-electron chi connectivity index (χ3n) is 4.02. The summed E-state index contributed by atoms with van der Waals surface area (Å²) in [5.74, 6) is 1.56. The highest BCUT2D eigenvalue weighted by molar-refractivity contribution is 14.0. The molecule has 0 spiro atoms. The first-order valence-electron chi connectivity index (χ1n) is 8.80. The maximum Gasteiger partial charge on any atom is 0.194 e. The summed E-state index contributed by atoms with van der Waals surface area (Å²) in [6, 6.07) is 0. The zero-order valence-electron chi connectivity index (χ0n) is 15.5. The number of nitrogens with zero attached hydrogens (tertiary/aromatic N) is 3. The summed E-state index contributed by atoms with van der Waals surface area (Å²) in [5.41, 5.74) is 0. The summed E-state index contributed by atoms with van der Waals surface area (Å²) in [6.45, 7) is 9.95. The number of aliphatic imine (C=N–C) groups is 1. The summed E-state index contributed by atoms with van der Waals surface area (Å²) in [7, 11) is 1.70. The van der Waals surface area contributed by atoms with Gasteiger partial charge >= 0.3 is 0 Å². The first-order valence-corrected chi connectivity index (χ1v) is 9.62. The SMILES string of the molecule is CCNC(=NCc1ncc(CC)s1)N1CCC(COCCOC)C1.I. The van der Waals surface area contributed by atoms with Crippen LogP contribution in [0.4, 0.5) is 0 Å². The summed E-state index contributed by atoms with van der Waals surface area (Å²) in [4.78, 5) is 12.9. The van der Waals surface area contributed by atoms with Crippen LogP contribution in [0.2, 0.25) is 0 Å². The second-order valence-electron chi connectivity index (χ2n) is 5.91. The Bertz CT molecular complexity index is 513. The molecule has 144 valence electrons. The summed E-state index contributed by atoms with van der Waals surface area (Å²) in [5, 5.41) is 4.49. The number of likely N-dealkylation sites (tertiary alicyclic amines) is 1. The first kappa shape index (κ1) is 22.6. The molecule has 6 nitrogen and oxygen atoms in total. The Hall–Kier alpha value is -0.450. The van der Waals surface area contributed by atoms with Crippen molar-refractivity contribution in [1.29, 1.82) is 0 Å². The number of aryl methyl sites for hydroxylation is 1. The Balaban J connectivity index is 0.00000312. The minimum Gasteiger partial charge on any atom is -0.382 e. The second kappa shape index (κ2) is 12.8. The average molecular weight is 482 g/mol. The van der Waals surface area contributed by atoms with E-state index in [0.29, 0.717) is 25.7 Å². The molecule has 1 aromatic heterocycles. The van der Waals surface area contributed by atoms with Crippen LogP contribution in [0.3, 0.4) is 0 Å². The van der Waals surface area contributed by atoms with Crippen LogP contribution in [0.1, 0.15) is 30.2 Å². The molecule has 0 aliphatic carbocycles. The standard InChI is InChI=1S/C17H30N4O2S.HI/c1-4-15-10-19-16(24-15)11-20-17(18-5-2)21-7-6-14(12-21)13-23-9-8-22-3;/h10,14H,4-9,11-13H2,1-3H3,(H,18,20);1H. The molecule has 0 amide bonds. The monoisotopic (exact) mass is 482 g/mol. The molecule has 1 N–H and O–H groups in total. The number of nitrogens with one attached hydrogen (secondary N) is 1. The number of halogens is 1. The van der Waals surface area contributed by atoms with Crippen molar-refractivity contribution in [3.8, 4) is 0 Å². The normalized spacial score (nSPS) is 17.6. The van der Waals surface area contributed by atoms with E-state index < -0.39 is 0 Å². The van der Waals surface area contributed by atoms with Gasteiger partial charge in [-0.3, -0.25) is 0 Å². The molecule has 1 aliphatic rings. The summed E-state index contributed by atoms with van der Waals surface area (Å²) < 4.78 is 10.7. The Morgan fingerprint density at radius 3 is 2.96 bits per heavy atom. The summed E-state index contributed by atoms with van der Waals surface area (Å²) in [6.07, 6.45) is 4.15. The van der Waals surface area contributed by atoms with Crippen molar-refractivity contribution in [2.45, 2.75) is 33.2 Å². The molecule has 1 fully saturated rings. The first-order chi connectivity index (χ1) is 11.8. The second-order valence-corrected chi connectivity index (χ2v) is 7.11. The van der Waals surface area contributed by atoms with E-state index in [2.05, 4.69) is 29.0 Å². The lowest BCUT2D eigenvalue weighted by Crippen LogP contribution is -2.40. The predicted octanol–water partition coefficient (Wildman–Crippen LogP) is 2.77. The Kier molecular flexibility index (Phi) is 11.6. The lowest BCUT2D eigenvalue weighted by atomic mass is 10.1. The lowest BCUT2D eigenvalue weighted by molar-refractivity contribution is 0.0536. The van der Waals surface area contributed by atoms with Crippen molar-refractivity contribution in [2.75, 3.05) is 46.6 Å². The van der Waals surface area contributed by atoms with Crippen LogP contribution in [0.15, 0.2) is 11.2 Å². The van der Waals surface area contributed by atoms with Gasteiger partial charge in [-0.05, 0) is 19.8 Å². The minimum absolute atomic E-state index is 0. The van der Waals surface area contributed by atoms with Gasteiger partial charge in [0.15, 0.2) is 5.96 Å². The highest BCUT2D eigenvalue weighted by atomic mass is 127. The van der Waals surface area contributed by atoms with E-state index in [0.717, 1.165) is 50.0 Å². The zero-order chi connectivity index (χ0) is 17.2. The molecule has 0 bridgehead atoms. The van der Waals surface area contributed by atoms with Crippen LogP contribution in [0, 0.1) is 5.92 Å². The van der Waals surface area contributed by atoms with E-state index in [9.17, 15) is 0 Å².